The first-order valence-corrected chi connectivity index (χ1v) is 7.25. The number of aryl methyl sites for hydroxylation is 1. The molecule has 1 aromatic heterocycles. The largest absolute Gasteiger partial charge is 0.416 e. The van der Waals surface area contributed by atoms with Crippen LogP contribution in [0.5, 0.6) is 0 Å². The summed E-state index contributed by atoms with van der Waals surface area (Å²) in [6, 6.07) is 4.73. The van der Waals surface area contributed by atoms with Gasteiger partial charge in [-0.15, -0.1) is 11.3 Å². The molecule has 22 heavy (non-hydrogen) atoms. The van der Waals surface area contributed by atoms with Crippen molar-refractivity contribution in [1.82, 2.24) is 10.3 Å². The fourth-order valence-electron chi connectivity index (χ4n) is 1.72. The molecule has 0 spiro atoms. The van der Waals surface area contributed by atoms with Crippen molar-refractivity contribution in [3.8, 4) is 0 Å². The molecule has 0 aliphatic heterocycles. The lowest BCUT2D eigenvalue weighted by atomic mass is 10.2. The number of carbonyl (C=O) groups is 1. The van der Waals surface area contributed by atoms with Gasteiger partial charge in [0.25, 0.3) is 0 Å². The van der Waals surface area contributed by atoms with Gasteiger partial charge in [-0.2, -0.15) is 13.2 Å². The van der Waals surface area contributed by atoms with E-state index in [0.717, 1.165) is 22.0 Å². The number of amides is 1. The number of hydrogen-bond acceptors (Lipinski definition) is 4. The number of rotatable bonds is 5. The molecule has 4 nitrogen and oxygen atoms in total. The summed E-state index contributed by atoms with van der Waals surface area (Å²) < 4.78 is 37.7. The predicted molar refractivity (Wildman–Crippen MR) is 78.6 cm³/mol. The van der Waals surface area contributed by atoms with E-state index < -0.39 is 11.7 Å². The summed E-state index contributed by atoms with van der Waals surface area (Å²) in [7, 11) is 0. The van der Waals surface area contributed by atoms with E-state index in [0.29, 0.717) is 6.54 Å². The smallest absolute Gasteiger partial charge is 0.376 e. The monoisotopic (exact) mass is 329 g/mol. The van der Waals surface area contributed by atoms with E-state index in [2.05, 4.69) is 15.6 Å². The molecule has 1 amide bonds. The summed E-state index contributed by atoms with van der Waals surface area (Å²) in [5.41, 5.74) is -0.503. The molecule has 0 saturated carbocycles. The van der Waals surface area contributed by atoms with Gasteiger partial charge in [0, 0.05) is 16.8 Å². The van der Waals surface area contributed by atoms with E-state index in [-0.39, 0.29) is 18.1 Å². The van der Waals surface area contributed by atoms with Gasteiger partial charge in [-0.25, -0.2) is 4.98 Å². The van der Waals surface area contributed by atoms with E-state index in [1.54, 1.807) is 6.20 Å². The Bertz CT molecular complexity index is 655. The van der Waals surface area contributed by atoms with Crippen LogP contribution in [0, 0.1) is 6.92 Å². The maximum absolute atomic E-state index is 12.6. The third-order valence-corrected chi connectivity index (χ3v) is 3.68. The van der Waals surface area contributed by atoms with E-state index >= 15 is 0 Å². The standard InChI is InChI=1S/C14H14F3N3OS/c1-9-18-6-12(22-9)7-20-13(21)8-19-11-4-2-3-10(5-11)14(15,16)17/h2-6,19H,7-8H2,1H3,(H,20,21). The minimum absolute atomic E-state index is 0.0981. The van der Waals surface area contributed by atoms with E-state index in [1.165, 1.54) is 23.5 Å². The number of aromatic nitrogens is 1. The zero-order valence-corrected chi connectivity index (χ0v) is 12.5. The number of hydrogen-bond donors (Lipinski definition) is 2. The van der Waals surface area contributed by atoms with Crippen LogP contribution in [-0.2, 0) is 17.5 Å². The highest BCUT2D eigenvalue weighted by Gasteiger charge is 2.30. The molecule has 0 unspecified atom stereocenters. The number of thiazole rings is 1. The second-order valence-corrected chi connectivity index (χ2v) is 5.87. The molecule has 1 heterocycles. The molecular weight excluding hydrogens is 315 g/mol. The summed E-state index contributed by atoms with van der Waals surface area (Å²) in [5, 5.41) is 6.26. The van der Waals surface area contributed by atoms with Crippen LogP contribution in [0.3, 0.4) is 0 Å². The zero-order valence-electron chi connectivity index (χ0n) is 11.7. The van der Waals surface area contributed by atoms with Gasteiger partial charge in [0.2, 0.25) is 5.91 Å². The number of halogens is 3. The fraction of sp³-hybridized carbons (Fsp3) is 0.286. The Labute approximate surface area is 129 Å². The lowest BCUT2D eigenvalue weighted by Crippen LogP contribution is -2.29. The van der Waals surface area contributed by atoms with Crippen LogP contribution >= 0.6 is 11.3 Å². The number of alkyl halides is 3. The zero-order chi connectivity index (χ0) is 16.2. The number of nitrogens with zero attached hydrogens (tertiary/aromatic N) is 1. The number of carbonyl (C=O) groups excluding carboxylic acids is 1. The van der Waals surface area contributed by atoms with Crippen LogP contribution in [0.4, 0.5) is 18.9 Å². The number of anilines is 1. The van der Waals surface area contributed by atoms with Crippen molar-refractivity contribution >= 4 is 22.9 Å². The van der Waals surface area contributed by atoms with Gasteiger partial charge in [0.05, 0.1) is 23.7 Å². The van der Waals surface area contributed by atoms with Gasteiger partial charge in [-0.3, -0.25) is 4.79 Å². The van der Waals surface area contributed by atoms with Gasteiger partial charge in [0.1, 0.15) is 0 Å². The van der Waals surface area contributed by atoms with Crippen molar-refractivity contribution in [2.24, 2.45) is 0 Å². The quantitative estimate of drug-likeness (QED) is 0.886. The van der Waals surface area contributed by atoms with Crippen LogP contribution in [0.1, 0.15) is 15.4 Å². The molecule has 0 radical (unpaired) electrons. The molecule has 2 aromatic rings. The van der Waals surface area contributed by atoms with Crippen molar-refractivity contribution in [3.05, 3.63) is 45.9 Å². The minimum atomic E-state index is -4.40. The molecule has 1 aromatic carbocycles. The highest BCUT2D eigenvalue weighted by Crippen LogP contribution is 2.30. The van der Waals surface area contributed by atoms with Crippen molar-refractivity contribution in [1.29, 1.82) is 0 Å². The second kappa shape index (κ2) is 6.78. The highest BCUT2D eigenvalue weighted by atomic mass is 32.1. The lowest BCUT2D eigenvalue weighted by molar-refractivity contribution is -0.137. The molecule has 0 atom stereocenters. The first kappa shape index (κ1) is 16.3. The Morgan fingerprint density at radius 2 is 2.14 bits per heavy atom. The van der Waals surface area contributed by atoms with Crippen LogP contribution < -0.4 is 10.6 Å². The molecule has 0 aliphatic carbocycles. The lowest BCUT2D eigenvalue weighted by Gasteiger charge is -2.10. The molecular formula is C14H14F3N3OS. The molecule has 8 heteroatoms. The normalized spacial score (nSPS) is 11.3. The van der Waals surface area contributed by atoms with Crippen LogP contribution in [-0.4, -0.2) is 17.4 Å². The second-order valence-electron chi connectivity index (χ2n) is 4.55. The van der Waals surface area contributed by atoms with Gasteiger partial charge < -0.3 is 10.6 Å². The molecule has 2 rings (SSSR count). The van der Waals surface area contributed by atoms with E-state index in [1.807, 2.05) is 6.92 Å². The maximum atomic E-state index is 12.6. The summed E-state index contributed by atoms with van der Waals surface area (Å²) in [4.78, 5) is 16.7. The first-order chi connectivity index (χ1) is 10.3. The van der Waals surface area contributed by atoms with Gasteiger partial charge in [0.15, 0.2) is 0 Å². The Balaban J connectivity index is 1.83. The van der Waals surface area contributed by atoms with Gasteiger partial charge >= 0.3 is 6.18 Å². The minimum Gasteiger partial charge on any atom is -0.376 e. The summed E-state index contributed by atoms with van der Waals surface area (Å²) in [6.07, 6.45) is -2.72. The molecule has 0 saturated heterocycles. The van der Waals surface area contributed by atoms with Crippen LogP contribution in [0.2, 0.25) is 0 Å². The average molecular weight is 329 g/mol. The summed E-state index contributed by atoms with van der Waals surface area (Å²) >= 11 is 1.48. The van der Waals surface area contributed by atoms with Crippen LogP contribution in [0.15, 0.2) is 30.5 Å². The van der Waals surface area contributed by atoms with Crippen molar-refractivity contribution in [2.75, 3.05) is 11.9 Å². The van der Waals surface area contributed by atoms with Gasteiger partial charge in [-0.1, -0.05) is 6.07 Å². The van der Waals surface area contributed by atoms with Crippen molar-refractivity contribution in [2.45, 2.75) is 19.6 Å². The maximum Gasteiger partial charge on any atom is 0.416 e. The SMILES string of the molecule is Cc1ncc(CNC(=O)CNc2cccc(C(F)(F)F)c2)s1. The Kier molecular flexibility index (Phi) is 5.02. The summed E-state index contributed by atoms with van der Waals surface area (Å²) in [5.74, 6) is -0.302. The molecule has 118 valence electrons. The molecule has 0 bridgehead atoms. The predicted octanol–water partition coefficient (Wildman–Crippen LogP) is 3.20. The van der Waals surface area contributed by atoms with Crippen molar-refractivity contribution in [3.63, 3.8) is 0 Å². The molecule has 0 fully saturated rings. The fourth-order valence-corrected chi connectivity index (χ4v) is 2.46. The van der Waals surface area contributed by atoms with E-state index in [4.69, 9.17) is 0 Å². The Hall–Kier alpha value is -2.09. The third kappa shape index (κ3) is 4.73. The summed E-state index contributed by atoms with van der Waals surface area (Å²) in [6.45, 7) is 2.12. The van der Waals surface area contributed by atoms with E-state index in [9.17, 15) is 18.0 Å². The average Bonchev–Trinajstić information content (AvgIpc) is 2.88. The number of benzene rings is 1. The van der Waals surface area contributed by atoms with Crippen molar-refractivity contribution < 1.29 is 18.0 Å². The number of nitrogens with one attached hydrogen (secondary N) is 2. The first-order valence-electron chi connectivity index (χ1n) is 6.44. The molecule has 2 N–H and O–H groups in total. The topological polar surface area (TPSA) is 54.0 Å². The molecule has 0 aliphatic rings. The van der Waals surface area contributed by atoms with Gasteiger partial charge in [-0.05, 0) is 25.1 Å². The Morgan fingerprint density at radius 1 is 1.36 bits per heavy atom. The Morgan fingerprint density at radius 3 is 2.77 bits per heavy atom. The van der Waals surface area contributed by atoms with Crippen LogP contribution in [0.25, 0.3) is 0 Å². The third-order valence-electron chi connectivity index (χ3n) is 2.77. The highest BCUT2D eigenvalue weighted by molar-refractivity contribution is 7.11.